The Bertz CT molecular complexity index is 1350. The molecule has 0 spiro atoms. The SMILES string of the molecule is CCOc1cc(C2Nc3ccccc3NC3=C2C(=O)CC(c2ccc(N(C)C)cc2)C3)cc(Br)c1OC. The van der Waals surface area contributed by atoms with Crippen LogP contribution >= 0.6 is 15.9 Å². The number of Topliss-reactive ketones (excluding diaryl/α,β-unsaturated/α-hetero) is 1. The molecule has 3 aromatic carbocycles. The molecule has 2 unspecified atom stereocenters. The first kappa shape index (κ1) is 25.2. The summed E-state index contributed by atoms with van der Waals surface area (Å²) in [5, 5.41) is 7.27. The van der Waals surface area contributed by atoms with Crippen LogP contribution in [0, 0.1) is 0 Å². The number of nitrogens with one attached hydrogen (secondary N) is 2. The minimum atomic E-state index is -0.336. The summed E-state index contributed by atoms with van der Waals surface area (Å²) >= 11 is 3.65. The van der Waals surface area contributed by atoms with Crippen molar-refractivity contribution in [3.63, 3.8) is 0 Å². The number of hydrogen-bond acceptors (Lipinski definition) is 6. The number of benzene rings is 3. The average molecular weight is 563 g/mol. The lowest BCUT2D eigenvalue weighted by molar-refractivity contribution is -0.116. The second-order valence-corrected chi connectivity index (χ2v) is 10.5. The fourth-order valence-corrected chi connectivity index (χ4v) is 5.86. The van der Waals surface area contributed by atoms with E-state index in [0.717, 1.165) is 44.8 Å². The minimum Gasteiger partial charge on any atom is -0.492 e. The molecular formula is C30H32BrN3O3. The quantitative estimate of drug-likeness (QED) is 0.341. The van der Waals surface area contributed by atoms with E-state index in [4.69, 9.17) is 9.47 Å². The number of allylic oxidation sites excluding steroid dienone is 1. The summed E-state index contributed by atoms with van der Waals surface area (Å²) in [5.74, 6) is 1.54. The van der Waals surface area contributed by atoms with Gasteiger partial charge in [-0.2, -0.15) is 0 Å². The maximum Gasteiger partial charge on any atom is 0.174 e. The third kappa shape index (κ3) is 4.92. The Morgan fingerprint density at radius 1 is 1.00 bits per heavy atom. The molecule has 1 aliphatic carbocycles. The third-order valence-corrected chi connectivity index (χ3v) is 7.65. The fourth-order valence-electron chi connectivity index (χ4n) is 5.24. The molecule has 2 N–H and O–H groups in total. The van der Waals surface area contributed by atoms with Crippen LogP contribution in [0.2, 0.25) is 0 Å². The van der Waals surface area contributed by atoms with Gasteiger partial charge in [-0.3, -0.25) is 4.79 Å². The average Bonchev–Trinajstić information content (AvgIpc) is 3.06. The van der Waals surface area contributed by atoms with Crippen molar-refractivity contribution in [2.45, 2.75) is 31.7 Å². The smallest absolute Gasteiger partial charge is 0.174 e. The second kappa shape index (κ2) is 10.5. The molecule has 6 nitrogen and oxygen atoms in total. The number of anilines is 3. The maximum absolute atomic E-state index is 13.9. The van der Waals surface area contributed by atoms with Gasteiger partial charge in [0.05, 0.1) is 35.6 Å². The van der Waals surface area contributed by atoms with Crippen LogP contribution in [0.3, 0.4) is 0 Å². The maximum atomic E-state index is 13.9. The van der Waals surface area contributed by atoms with E-state index in [1.54, 1.807) is 7.11 Å². The zero-order valence-corrected chi connectivity index (χ0v) is 23.2. The normalized spacial score (nSPS) is 18.7. The summed E-state index contributed by atoms with van der Waals surface area (Å²) in [6, 6.07) is 20.3. The van der Waals surface area contributed by atoms with Crippen molar-refractivity contribution in [3.05, 3.63) is 87.5 Å². The van der Waals surface area contributed by atoms with E-state index in [2.05, 4.69) is 55.7 Å². The largest absolute Gasteiger partial charge is 0.492 e. The summed E-state index contributed by atoms with van der Waals surface area (Å²) in [6.45, 7) is 2.45. The summed E-state index contributed by atoms with van der Waals surface area (Å²) < 4.78 is 12.3. The molecule has 0 aromatic heterocycles. The Labute approximate surface area is 226 Å². The van der Waals surface area contributed by atoms with Gasteiger partial charge in [0.25, 0.3) is 0 Å². The van der Waals surface area contributed by atoms with E-state index in [-0.39, 0.29) is 17.7 Å². The number of ether oxygens (including phenoxy) is 2. The van der Waals surface area contributed by atoms with E-state index in [9.17, 15) is 4.79 Å². The first-order valence-corrected chi connectivity index (χ1v) is 13.3. The summed E-state index contributed by atoms with van der Waals surface area (Å²) in [5.41, 5.74) is 6.91. The Kier molecular flexibility index (Phi) is 7.15. The number of ketones is 1. The minimum absolute atomic E-state index is 0.113. The van der Waals surface area contributed by atoms with Crippen LogP contribution in [0.1, 0.15) is 42.9 Å². The molecular weight excluding hydrogens is 530 g/mol. The molecule has 5 rings (SSSR count). The molecule has 1 aliphatic heterocycles. The van der Waals surface area contributed by atoms with Gasteiger partial charge in [-0.25, -0.2) is 0 Å². The number of nitrogens with zero attached hydrogens (tertiary/aromatic N) is 1. The van der Waals surface area contributed by atoms with Crippen molar-refractivity contribution in [1.82, 2.24) is 0 Å². The number of hydrogen-bond donors (Lipinski definition) is 2. The zero-order chi connectivity index (χ0) is 26.1. The van der Waals surface area contributed by atoms with Gasteiger partial charge in [0.1, 0.15) is 0 Å². The van der Waals surface area contributed by atoms with Gasteiger partial charge in [0.2, 0.25) is 0 Å². The zero-order valence-electron chi connectivity index (χ0n) is 21.6. The molecule has 0 radical (unpaired) electrons. The van der Waals surface area contributed by atoms with Crippen molar-refractivity contribution in [1.29, 1.82) is 0 Å². The van der Waals surface area contributed by atoms with E-state index >= 15 is 0 Å². The second-order valence-electron chi connectivity index (χ2n) is 9.62. The van der Waals surface area contributed by atoms with E-state index in [1.165, 1.54) is 5.56 Å². The van der Waals surface area contributed by atoms with Gasteiger partial charge >= 0.3 is 0 Å². The van der Waals surface area contributed by atoms with Crippen molar-refractivity contribution in [3.8, 4) is 11.5 Å². The first-order valence-electron chi connectivity index (χ1n) is 12.6. The molecule has 7 heteroatoms. The topological polar surface area (TPSA) is 62.8 Å². The number of fused-ring (bicyclic) bond motifs is 1. The molecule has 0 saturated carbocycles. The number of rotatable bonds is 6. The highest BCUT2D eigenvalue weighted by Crippen LogP contribution is 2.46. The molecule has 0 saturated heterocycles. The predicted octanol–water partition coefficient (Wildman–Crippen LogP) is 6.90. The Morgan fingerprint density at radius 2 is 1.73 bits per heavy atom. The van der Waals surface area contributed by atoms with Crippen LogP contribution in [0.15, 0.2) is 76.4 Å². The van der Waals surface area contributed by atoms with Crippen LogP contribution in [0.5, 0.6) is 11.5 Å². The van der Waals surface area contributed by atoms with Crippen LogP contribution in [0.4, 0.5) is 17.1 Å². The predicted molar refractivity (Wildman–Crippen MR) is 153 cm³/mol. The molecule has 2 aliphatic rings. The highest BCUT2D eigenvalue weighted by atomic mass is 79.9. The number of para-hydroxylation sites is 2. The van der Waals surface area contributed by atoms with E-state index in [1.807, 2.05) is 57.4 Å². The van der Waals surface area contributed by atoms with Crippen molar-refractivity contribution in [2.24, 2.45) is 0 Å². The Hall–Kier alpha value is -3.45. The number of carbonyl (C=O) groups excluding carboxylic acids is 1. The Balaban J connectivity index is 1.59. The molecule has 192 valence electrons. The van der Waals surface area contributed by atoms with Gasteiger partial charge < -0.3 is 25.0 Å². The molecule has 0 amide bonds. The number of carbonyl (C=O) groups is 1. The Morgan fingerprint density at radius 3 is 2.41 bits per heavy atom. The van der Waals surface area contributed by atoms with Crippen LogP contribution in [0.25, 0.3) is 0 Å². The third-order valence-electron chi connectivity index (χ3n) is 7.06. The first-order chi connectivity index (χ1) is 17.9. The molecule has 0 bridgehead atoms. The monoisotopic (exact) mass is 561 g/mol. The molecule has 3 aromatic rings. The van der Waals surface area contributed by atoms with Crippen molar-refractivity contribution < 1.29 is 14.3 Å². The summed E-state index contributed by atoms with van der Waals surface area (Å²) in [6.07, 6.45) is 1.22. The molecule has 2 atom stereocenters. The number of methoxy groups -OCH3 is 1. The lowest BCUT2D eigenvalue weighted by Crippen LogP contribution is -2.27. The van der Waals surface area contributed by atoms with E-state index < -0.39 is 0 Å². The van der Waals surface area contributed by atoms with E-state index in [0.29, 0.717) is 24.5 Å². The number of halogens is 1. The van der Waals surface area contributed by atoms with Gasteiger partial charge in [0, 0.05) is 37.5 Å². The van der Waals surface area contributed by atoms with Crippen molar-refractivity contribution in [2.75, 3.05) is 43.3 Å². The van der Waals surface area contributed by atoms with Crippen LogP contribution in [-0.4, -0.2) is 33.6 Å². The highest BCUT2D eigenvalue weighted by Gasteiger charge is 2.36. The molecule has 1 heterocycles. The highest BCUT2D eigenvalue weighted by molar-refractivity contribution is 9.10. The van der Waals surface area contributed by atoms with Gasteiger partial charge in [0.15, 0.2) is 17.3 Å². The summed E-state index contributed by atoms with van der Waals surface area (Å²) in [7, 11) is 5.69. The molecule has 37 heavy (non-hydrogen) atoms. The molecule has 0 fully saturated rings. The van der Waals surface area contributed by atoms with Crippen molar-refractivity contribution >= 4 is 38.8 Å². The fraction of sp³-hybridized carbons (Fsp3) is 0.300. The van der Waals surface area contributed by atoms with Gasteiger partial charge in [-0.05, 0) is 82.7 Å². The van der Waals surface area contributed by atoms with Gasteiger partial charge in [-0.15, -0.1) is 0 Å². The lowest BCUT2D eigenvalue weighted by atomic mass is 9.78. The van der Waals surface area contributed by atoms with Crippen LogP contribution < -0.4 is 25.0 Å². The summed E-state index contributed by atoms with van der Waals surface area (Å²) in [4.78, 5) is 16.0. The lowest BCUT2D eigenvalue weighted by Gasteiger charge is -2.30. The standard InChI is InChI=1S/C30H32BrN3O3/c1-5-37-27-17-20(14-22(31)30(27)36-4)29-28-25(32-23-8-6-7-9-24(23)33-29)15-19(16-26(28)35)18-10-12-21(13-11-18)34(2)3/h6-14,17,19,29,32-33H,5,15-16H2,1-4H3. The van der Waals surface area contributed by atoms with Gasteiger partial charge in [-0.1, -0.05) is 24.3 Å². The van der Waals surface area contributed by atoms with Crippen LogP contribution in [-0.2, 0) is 4.79 Å².